The van der Waals surface area contributed by atoms with Gasteiger partial charge in [0.2, 0.25) is 5.95 Å². The van der Waals surface area contributed by atoms with Crippen LogP contribution < -0.4 is 5.46 Å². The van der Waals surface area contributed by atoms with E-state index in [1.807, 2.05) is 29.5 Å². The standard InChI is InChI=1S/C38H30BN3O2S/c1-37(2)38(3,4)44-39(43-37)24-18-19-28-31(22-24)42(30-21-20-26-25-14-9-11-17-32(25)45-35(26)33(28)30)36-40-29-16-10-8-15-27(29)34(41-36)23-12-6-5-7-13-23/h5-22H,1-4H3. The Bertz CT molecular complexity index is 2450. The third kappa shape index (κ3) is 3.94. The normalized spacial score (nSPS) is 16.1. The van der Waals surface area contributed by atoms with Gasteiger partial charge in [0.25, 0.3) is 0 Å². The Morgan fingerprint density at radius 3 is 2.13 bits per heavy atom. The molecule has 1 saturated heterocycles. The van der Waals surface area contributed by atoms with Gasteiger partial charge in [-0.3, -0.25) is 4.57 Å². The van der Waals surface area contributed by atoms with Gasteiger partial charge in [-0.1, -0.05) is 84.9 Å². The van der Waals surface area contributed by atoms with E-state index >= 15 is 0 Å². The quantitative estimate of drug-likeness (QED) is 0.189. The molecule has 1 fully saturated rings. The fourth-order valence-corrected chi connectivity index (χ4v) is 7.88. The third-order valence-electron chi connectivity index (χ3n) is 9.66. The Morgan fingerprint density at radius 1 is 0.644 bits per heavy atom. The number of hydrogen-bond donors (Lipinski definition) is 0. The number of hydrogen-bond acceptors (Lipinski definition) is 5. The molecule has 3 aromatic heterocycles. The monoisotopic (exact) mass is 603 g/mol. The van der Waals surface area contributed by atoms with E-state index in [-0.39, 0.29) is 0 Å². The molecule has 0 amide bonds. The third-order valence-corrected chi connectivity index (χ3v) is 10.9. The first kappa shape index (κ1) is 26.8. The summed E-state index contributed by atoms with van der Waals surface area (Å²) in [5, 5.41) is 5.93. The van der Waals surface area contributed by atoms with Gasteiger partial charge in [0, 0.05) is 41.9 Å². The second kappa shape index (κ2) is 9.47. The molecule has 0 spiro atoms. The van der Waals surface area contributed by atoms with Crippen molar-refractivity contribution in [2.24, 2.45) is 0 Å². The van der Waals surface area contributed by atoms with Gasteiger partial charge < -0.3 is 9.31 Å². The predicted octanol–water partition coefficient (Wildman–Crippen LogP) is 9.06. The lowest BCUT2D eigenvalue weighted by atomic mass is 9.79. The van der Waals surface area contributed by atoms with Crippen LogP contribution in [0.4, 0.5) is 0 Å². The summed E-state index contributed by atoms with van der Waals surface area (Å²) in [5.74, 6) is 0.638. The van der Waals surface area contributed by atoms with Crippen LogP contribution in [0.1, 0.15) is 27.7 Å². The lowest BCUT2D eigenvalue weighted by Gasteiger charge is -2.32. The summed E-state index contributed by atoms with van der Waals surface area (Å²) in [7, 11) is -0.479. The molecular weight excluding hydrogens is 573 g/mol. The van der Waals surface area contributed by atoms with Gasteiger partial charge in [0.15, 0.2) is 0 Å². The minimum atomic E-state index is -0.479. The summed E-state index contributed by atoms with van der Waals surface area (Å²) in [4.78, 5) is 10.5. The maximum absolute atomic E-state index is 6.50. The first-order valence-corrected chi connectivity index (χ1v) is 16.2. The lowest BCUT2D eigenvalue weighted by Crippen LogP contribution is -2.41. The van der Waals surface area contributed by atoms with Crippen LogP contribution in [0, 0.1) is 0 Å². The Balaban J connectivity index is 1.38. The summed E-state index contributed by atoms with van der Waals surface area (Å²) in [6.07, 6.45) is 0. The highest BCUT2D eigenvalue weighted by atomic mass is 32.1. The molecule has 4 heterocycles. The molecule has 0 radical (unpaired) electrons. The van der Waals surface area contributed by atoms with Gasteiger partial charge >= 0.3 is 7.12 Å². The van der Waals surface area contributed by atoms with E-state index in [0.29, 0.717) is 5.95 Å². The first-order chi connectivity index (χ1) is 21.8. The summed E-state index contributed by atoms with van der Waals surface area (Å²) >= 11 is 1.84. The number of para-hydroxylation sites is 1. The van der Waals surface area contributed by atoms with Crippen molar-refractivity contribution in [3.8, 4) is 17.2 Å². The number of fused-ring (bicyclic) bond motifs is 8. The van der Waals surface area contributed by atoms with Crippen LogP contribution >= 0.6 is 11.3 Å². The molecule has 5 aromatic carbocycles. The fraction of sp³-hybridized carbons (Fsp3) is 0.158. The van der Waals surface area contributed by atoms with Crippen molar-refractivity contribution in [3.63, 3.8) is 0 Å². The van der Waals surface area contributed by atoms with Gasteiger partial charge in [-0.05, 0) is 57.4 Å². The van der Waals surface area contributed by atoms with Crippen molar-refractivity contribution in [3.05, 3.63) is 109 Å². The van der Waals surface area contributed by atoms with Crippen molar-refractivity contribution in [1.29, 1.82) is 0 Å². The highest BCUT2D eigenvalue weighted by Crippen LogP contribution is 2.43. The van der Waals surface area contributed by atoms with Gasteiger partial charge in [-0.15, -0.1) is 11.3 Å². The van der Waals surface area contributed by atoms with Crippen LogP contribution in [0.5, 0.6) is 0 Å². The molecule has 0 atom stereocenters. The molecule has 8 aromatic rings. The van der Waals surface area contributed by atoms with Crippen LogP contribution in [0.25, 0.3) is 70.1 Å². The molecule has 0 unspecified atom stereocenters. The van der Waals surface area contributed by atoms with E-state index in [0.717, 1.165) is 44.0 Å². The highest BCUT2D eigenvalue weighted by Gasteiger charge is 2.51. The van der Waals surface area contributed by atoms with Crippen LogP contribution in [0.3, 0.4) is 0 Å². The van der Waals surface area contributed by atoms with Crippen molar-refractivity contribution in [2.75, 3.05) is 0 Å². The second-order valence-corrected chi connectivity index (χ2v) is 13.9. The van der Waals surface area contributed by atoms with Gasteiger partial charge in [-0.2, -0.15) is 0 Å². The molecule has 45 heavy (non-hydrogen) atoms. The average molecular weight is 604 g/mol. The van der Waals surface area contributed by atoms with E-state index in [9.17, 15) is 0 Å². The predicted molar refractivity (Wildman–Crippen MR) is 188 cm³/mol. The molecule has 5 nitrogen and oxygen atoms in total. The minimum absolute atomic E-state index is 0.436. The number of aromatic nitrogens is 3. The highest BCUT2D eigenvalue weighted by molar-refractivity contribution is 7.26. The van der Waals surface area contributed by atoms with Gasteiger partial charge in [-0.25, -0.2) is 9.97 Å². The van der Waals surface area contributed by atoms with E-state index in [1.165, 1.54) is 25.6 Å². The topological polar surface area (TPSA) is 49.2 Å². The molecule has 7 heteroatoms. The number of thiophene rings is 1. The first-order valence-electron chi connectivity index (χ1n) is 15.4. The molecule has 1 aliphatic heterocycles. The minimum Gasteiger partial charge on any atom is -0.399 e. The van der Waals surface area contributed by atoms with E-state index < -0.39 is 18.3 Å². The molecular formula is C38H30BN3O2S. The zero-order chi connectivity index (χ0) is 30.5. The van der Waals surface area contributed by atoms with Crippen molar-refractivity contribution < 1.29 is 9.31 Å². The van der Waals surface area contributed by atoms with Crippen LogP contribution in [-0.2, 0) is 9.31 Å². The Kier molecular flexibility index (Phi) is 5.65. The summed E-state index contributed by atoms with van der Waals surface area (Å²) in [6.45, 7) is 8.37. The SMILES string of the molecule is CC1(C)OB(c2ccc3c4c5sc6ccccc6c5ccc4n(-c4nc(-c5ccccc5)c5ccccc5n4)c3c2)OC1(C)C. The summed E-state index contributed by atoms with van der Waals surface area (Å²) < 4.78 is 17.8. The van der Waals surface area contributed by atoms with Crippen molar-refractivity contribution in [1.82, 2.24) is 14.5 Å². The molecule has 0 bridgehead atoms. The summed E-state index contributed by atoms with van der Waals surface area (Å²) in [5.41, 5.74) is 5.08. The molecule has 0 saturated carbocycles. The molecule has 218 valence electrons. The number of benzene rings is 5. The number of rotatable bonds is 3. The van der Waals surface area contributed by atoms with E-state index in [4.69, 9.17) is 19.3 Å². The maximum Gasteiger partial charge on any atom is 0.494 e. The van der Waals surface area contributed by atoms with Crippen LogP contribution in [0.2, 0.25) is 0 Å². The van der Waals surface area contributed by atoms with Crippen LogP contribution in [0.15, 0.2) is 109 Å². The Labute approximate surface area is 265 Å². The van der Waals surface area contributed by atoms with Gasteiger partial charge in [0.1, 0.15) is 0 Å². The molecule has 9 rings (SSSR count). The molecule has 0 N–H and O–H groups in total. The molecule has 0 aliphatic carbocycles. The van der Waals surface area contributed by atoms with Crippen LogP contribution in [-0.4, -0.2) is 32.9 Å². The van der Waals surface area contributed by atoms with Crippen molar-refractivity contribution in [2.45, 2.75) is 38.9 Å². The Hall–Kier alpha value is -4.56. The average Bonchev–Trinajstić information content (AvgIpc) is 3.66. The lowest BCUT2D eigenvalue weighted by molar-refractivity contribution is 0.00578. The largest absolute Gasteiger partial charge is 0.494 e. The maximum atomic E-state index is 6.50. The second-order valence-electron chi connectivity index (χ2n) is 12.9. The smallest absolute Gasteiger partial charge is 0.399 e. The van der Waals surface area contributed by atoms with E-state index in [1.54, 1.807) is 0 Å². The fourth-order valence-electron chi connectivity index (χ4n) is 6.62. The van der Waals surface area contributed by atoms with Gasteiger partial charge in [0.05, 0.1) is 33.4 Å². The Morgan fingerprint density at radius 2 is 1.33 bits per heavy atom. The zero-order valence-electron chi connectivity index (χ0n) is 25.5. The molecule has 1 aliphatic rings. The summed E-state index contributed by atoms with van der Waals surface area (Å²) in [6, 6.07) is 38.3. The van der Waals surface area contributed by atoms with Crippen molar-refractivity contribution >= 4 is 76.8 Å². The zero-order valence-corrected chi connectivity index (χ0v) is 26.4. The number of nitrogens with zero attached hydrogens (tertiary/aromatic N) is 3. The van der Waals surface area contributed by atoms with E-state index in [2.05, 4.69) is 123 Å².